The highest BCUT2D eigenvalue weighted by atomic mass is 16.6. The Morgan fingerprint density at radius 2 is 1.93 bits per heavy atom. The molecule has 0 aliphatic carbocycles. The number of amides is 1. The Labute approximate surface area is 157 Å². The van der Waals surface area contributed by atoms with Crippen LogP contribution in [-0.4, -0.2) is 54.1 Å². The van der Waals surface area contributed by atoms with Gasteiger partial charge in [0.1, 0.15) is 11.9 Å². The van der Waals surface area contributed by atoms with Crippen LogP contribution in [0.3, 0.4) is 0 Å². The number of nitrogens with zero attached hydrogens (tertiary/aromatic N) is 6. The molecule has 1 aliphatic heterocycles. The average molecular weight is 368 g/mol. The van der Waals surface area contributed by atoms with Gasteiger partial charge in [-0.05, 0) is 45.7 Å². The Hall–Kier alpha value is -2.90. The van der Waals surface area contributed by atoms with Crippen LogP contribution in [-0.2, 0) is 4.74 Å². The highest BCUT2D eigenvalue weighted by Crippen LogP contribution is 2.26. The zero-order valence-electron chi connectivity index (χ0n) is 15.9. The largest absolute Gasteiger partial charge is 0.444 e. The fraction of sp³-hybridized carbons (Fsp3) is 0.474. The smallest absolute Gasteiger partial charge is 0.410 e. The van der Waals surface area contributed by atoms with Gasteiger partial charge in [-0.3, -0.25) is 9.08 Å². The highest BCUT2D eigenvalue weighted by molar-refractivity contribution is 5.68. The van der Waals surface area contributed by atoms with E-state index >= 15 is 0 Å². The Morgan fingerprint density at radius 1 is 1.15 bits per heavy atom. The number of carbonyl (C=O) groups excluding carboxylic acids is 1. The first kappa shape index (κ1) is 17.5. The van der Waals surface area contributed by atoms with Crippen LogP contribution in [0.15, 0.2) is 37.1 Å². The molecule has 8 heteroatoms. The molecule has 3 aromatic heterocycles. The number of piperidine rings is 1. The molecule has 1 aliphatic rings. The third kappa shape index (κ3) is 3.79. The van der Waals surface area contributed by atoms with Crippen LogP contribution < -0.4 is 0 Å². The molecule has 4 heterocycles. The molecule has 0 atom stereocenters. The maximum Gasteiger partial charge on any atom is 0.410 e. The molecular formula is C19H24N6O2. The molecular weight excluding hydrogens is 344 g/mol. The minimum absolute atomic E-state index is 0.232. The average Bonchev–Trinajstić information content (AvgIpc) is 3.29. The van der Waals surface area contributed by atoms with Gasteiger partial charge in [0.2, 0.25) is 0 Å². The monoisotopic (exact) mass is 368 g/mol. The fourth-order valence-electron chi connectivity index (χ4n) is 3.32. The van der Waals surface area contributed by atoms with Gasteiger partial charge >= 0.3 is 6.09 Å². The summed E-state index contributed by atoms with van der Waals surface area (Å²) in [6, 6.07) is 4.26. The van der Waals surface area contributed by atoms with Crippen LogP contribution in [0.2, 0.25) is 0 Å². The second-order valence-corrected chi connectivity index (χ2v) is 7.92. The lowest BCUT2D eigenvalue weighted by molar-refractivity contribution is 0.0185. The number of hydrogen-bond acceptors (Lipinski definition) is 5. The normalized spacial score (nSPS) is 16.0. The maximum absolute atomic E-state index is 12.2. The molecule has 1 saturated heterocycles. The maximum atomic E-state index is 12.2. The summed E-state index contributed by atoms with van der Waals surface area (Å²) in [6.07, 6.45) is 9.14. The summed E-state index contributed by atoms with van der Waals surface area (Å²) in [5.41, 5.74) is 2.48. The van der Waals surface area contributed by atoms with Gasteiger partial charge in [-0.2, -0.15) is 5.10 Å². The second-order valence-electron chi connectivity index (χ2n) is 7.92. The van der Waals surface area contributed by atoms with Crippen LogP contribution in [0.5, 0.6) is 0 Å². The Morgan fingerprint density at radius 3 is 2.67 bits per heavy atom. The molecule has 1 fully saturated rings. The molecule has 0 unspecified atom stereocenters. The second kappa shape index (κ2) is 6.68. The van der Waals surface area contributed by atoms with Gasteiger partial charge in [0.05, 0.1) is 12.2 Å². The summed E-state index contributed by atoms with van der Waals surface area (Å²) < 4.78 is 9.37. The molecule has 0 spiro atoms. The molecule has 3 aromatic rings. The topological polar surface area (TPSA) is 77.5 Å². The first-order valence-electron chi connectivity index (χ1n) is 9.21. The van der Waals surface area contributed by atoms with Crippen molar-refractivity contribution in [1.29, 1.82) is 0 Å². The van der Waals surface area contributed by atoms with Crippen molar-refractivity contribution < 1.29 is 9.53 Å². The number of rotatable bonds is 2. The lowest BCUT2D eigenvalue weighted by Crippen LogP contribution is -2.42. The van der Waals surface area contributed by atoms with Crippen molar-refractivity contribution in [3.8, 4) is 11.1 Å². The minimum Gasteiger partial charge on any atom is -0.444 e. The van der Waals surface area contributed by atoms with Crippen molar-refractivity contribution in [2.75, 3.05) is 13.1 Å². The highest BCUT2D eigenvalue weighted by Gasteiger charge is 2.27. The third-order valence-corrected chi connectivity index (χ3v) is 4.72. The van der Waals surface area contributed by atoms with Crippen LogP contribution in [0.1, 0.15) is 39.7 Å². The summed E-state index contributed by atoms with van der Waals surface area (Å²) in [6.45, 7) is 7.03. The van der Waals surface area contributed by atoms with Crippen molar-refractivity contribution in [3.05, 3.63) is 37.1 Å². The Balaban J connectivity index is 1.41. The van der Waals surface area contributed by atoms with E-state index in [1.54, 1.807) is 11.2 Å². The first-order valence-corrected chi connectivity index (χ1v) is 9.21. The van der Waals surface area contributed by atoms with E-state index in [9.17, 15) is 4.79 Å². The summed E-state index contributed by atoms with van der Waals surface area (Å²) in [5.74, 6) is 0. The van der Waals surface area contributed by atoms with Gasteiger partial charge in [-0.15, -0.1) is 10.2 Å². The van der Waals surface area contributed by atoms with Gasteiger partial charge in [-0.1, -0.05) is 0 Å². The van der Waals surface area contributed by atoms with Gasteiger partial charge < -0.3 is 9.64 Å². The standard InChI is InChI=1S/C19H24N6O2/c1-19(2,3)27-18(26)23-8-6-16(7-9-23)25-12-15(10-21-25)14-4-5-17-22-20-13-24(17)11-14/h4-5,10-13,16H,6-9H2,1-3H3. The molecule has 0 bridgehead atoms. The lowest BCUT2D eigenvalue weighted by Gasteiger charge is -2.33. The molecule has 0 saturated carbocycles. The zero-order chi connectivity index (χ0) is 19.0. The minimum atomic E-state index is -0.462. The van der Waals surface area contributed by atoms with E-state index in [0.29, 0.717) is 13.1 Å². The summed E-state index contributed by atoms with van der Waals surface area (Å²) in [4.78, 5) is 14.0. The van der Waals surface area contributed by atoms with E-state index in [2.05, 4.69) is 21.5 Å². The summed E-state index contributed by atoms with van der Waals surface area (Å²) in [7, 11) is 0. The number of fused-ring (bicyclic) bond motifs is 1. The van der Waals surface area contributed by atoms with Gasteiger partial charge in [0.15, 0.2) is 5.65 Å². The van der Waals surface area contributed by atoms with Gasteiger partial charge in [0.25, 0.3) is 0 Å². The number of ether oxygens (including phenoxy) is 1. The van der Waals surface area contributed by atoms with Crippen molar-refractivity contribution in [1.82, 2.24) is 29.3 Å². The Kier molecular flexibility index (Phi) is 4.33. The van der Waals surface area contributed by atoms with Crippen molar-refractivity contribution in [3.63, 3.8) is 0 Å². The molecule has 1 amide bonds. The number of carbonyl (C=O) groups is 1. The van der Waals surface area contributed by atoms with Gasteiger partial charge in [0, 0.05) is 36.6 Å². The van der Waals surface area contributed by atoms with Crippen molar-refractivity contribution in [2.24, 2.45) is 0 Å². The van der Waals surface area contributed by atoms with E-state index in [4.69, 9.17) is 4.74 Å². The van der Waals surface area contributed by atoms with E-state index in [1.807, 2.05) is 54.4 Å². The Bertz CT molecular complexity index is 946. The van der Waals surface area contributed by atoms with Crippen LogP contribution >= 0.6 is 0 Å². The first-order chi connectivity index (χ1) is 12.9. The van der Waals surface area contributed by atoms with Gasteiger partial charge in [-0.25, -0.2) is 4.79 Å². The number of aromatic nitrogens is 5. The van der Waals surface area contributed by atoms with E-state index in [0.717, 1.165) is 29.6 Å². The van der Waals surface area contributed by atoms with E-state index in [1.165, 1.54) is 0 Å². The molecule has 4 rings (SSSR count). The number of likely N-dealkylation sites (tertiary alicyclic amines) is 1. The zero-order valence-corrected chi connectivity index (χ0v) is 15.9. The molecule has 27 heavy (non-hydrogen) atoms. The predicted octanol–water partition coefficient (Wildman–Crippen LogP) is 3.16. The molecule has 142 valence electrons. The van der Waals surface area contributed by atoms with Crippen molar-refractivity contribution >= 4 is 11.7 Å². The van der Waals surface area contributed by atoms with Crippen LogP contribution in [0.25, 0.3) is 16.8 Å². The molecule has 8 nitrogen and oxygen atoms in total. The summed E-state index contributed by atoms with van der Waals surface area (Å²) >= 11 is 0. The van der Waals surface area contributed by atoms with Crippen LogP contribution in [0, 0.1) is 0 Å². The molecule has 0 radical (unpaired) electrons. The van der Waals surface area contributed by atoms with E-state index in [-0.39, 0.29) is 12.1 Å². The lowest BCUT2D eigenvalue weighted by atomic mass is 10.1. The molecule has 0 aromatic carbocycles. The fourth-order valence-corrected chi connectivity index (χ4v) is 3.32. The predicted molar refractivity (Wildman–Crippen MR) is 100 cm³/mol. The van der Waals surface area contributed by atoms with Crippen LogP contribution in [0.4, 0.5) is 4.79 Å². The third-order valence-electron chi connectivity index (χ3n) is 4.72. The van der Waals surface area contributed by atoms with Crippen molar-refractivity contribution in [2.45, 2.75) is 45.3 Å². The number of hydrogen-bond donors (Lipinski definition) is 0. The number of pyridine rings is 1. The summed E-state index contributed by atoms with van der Waals surface area (Å²) in [5, 5.41) is 12.5. The quantitative estimate of drug-likeness (QED) is 0.694. The molecule has 0 N–H and O–H groups in total. The SMILES string of the molecule is CC(C)(C)OC(=O)N1CCC(n2cc(-c3ccc4nncn4c3)cn2)CC1. The van der Waals surface area contributed by atoms with E-state index < -0.39 is 5.60 Å².